The van der Waals surface area contributed by atoms with Crippen LogP contribution >= 0.6 is 0 Å². The molecule has 0 amide bonds. The number of rotatable bonds is 4. The number of anilines is 1. The van der Waals surface area contributed by atoms with Crippen LogP contribution in [0.15, 0.2) is 55.0 Å². The molecule has 0 radical (unpaired) electrons. The van der Waals surface area contributed by atoms with E-state index in [1.165, 1.54) is 0 Å². The van der Waals surface area contributed by atoms with Crippen LogP contribution in [0.3, 0.4) is 0 Å². The van der Waals surface area contributed by atoms with E-state index in [4.69, 9.17) is 4.98 Å². The summed E-state index contributed by atoms with van der Waals surface area (Å²) in [6, 6.07) is 11.9. The summed E-state index contributed by atoms with van der Waals surface area (Å²) in [5, 5.41) is 8.73. The summed E-state index contributed by atoms with van der Waals surface area (Å²) in [7, 11) is 1.94. The minimum absolute atomic E-state index is 0.660. The molecule has 3 aromatic heterocycles. The van der Waals surface area contributed by atoms with E-state index in [1.807, 2.05) is 54.3 Å². The number of nitrogens with zero attached hydrogens (tertiary/aromatic N) is 5. The van der Waals surface area contributed by atoms with E-state index in [2.05, 4.69) is 27.3 Å². The first-order chi connectivity index (χ1) is 12.2. The summed E-state index contributed by atoms with van der Waals surface area (Å²) in [4.78, 5) is 13.6. The molecule has 4 rings (SSSR count). The van der Waals surface area contributed by atoms with Crippen LogP contribution in [0, 0.1) is 6.92 Å². The predicted molar refractivity (Wildman–Crippen MR) is 98.0 cm³/mol. The first-order valence-electron chi connectivity index (χ1n) is 8.11. The number of fused-ring (bicyclic) bond motifs is 1. The molecule has 0 aliphatic heterocycles. The molecule has 3 heterocycles. The number of nitrogens with one attached hydrogen (secondary N) is 1. The molecule has 0 saturated carbocycles. The van der Waals surface area contributed by atoms with Gasteiger partial charge in [0.25, 0.3) is 0 Å². The Balaban J connectivity index is 1.75. The maximum absolute atomic E-state index is 4.73. The average molecular weight is 330 g/mol. The van der Waals surface area contributed by atoms with Crippen molar-refractivity contribution in [3.05, 3.63) is 66.2 Å². The van der Waals surface area contributed by atoms with Crippen molar-refractivity contribution in [3.63, 3.8) is 0 Å². The molecule has 124 valence electrons. The standard InChI is InChI=1S/C19H18N6/c1-13-15(12-22-25(13)2)11-21-19-16-7-3-4-8-17(16)23-18(24-19)14-6-5-9-20-10-14/h3-10,12H,11H2,1-2H3,(H,21,23,24). The molecular weight excluding hydrogens is 312 g/mol. The van der Waals surface area contributed by atoms with Crippen molar-refractivity contribution in [2.24, 2.45) is 7.05 Å². The largest absolute Gasteiger partial charge is 0.365 e. The minimum atomic E-state index is 0.660. The lowest BCUT2D eigenvalue weighted by molar-refractivity contribution is 0.738. The molecular formula is C19H18N6. The van der Waals surface area contributed by atoms with Crippen molar-refractivity contribution in [2.75, 3.05) is 5.32 Å². The van der Waals surface area contributed by atoms with Gasteiger partial charge in [-0.05, 0) is 31.2 Å². The maximum atomic E-state index is 4.73. The predicted octanol–water partition coefficient (Wildman–Crippen LogP) is 3.35. The fraction of sp³-hybridized carbons (Fsp3) is 0.158. The van der Waals surface area contributed by atoms with Crippen LogP contribution in [0.25, 0.3) is 22.3 Å². The third-order valence-corrected chi connectivity index (χ3v) is 4.31. The number of para-hydroxylation sites is 1. The van der Waals surface area contributed by atoms with E-state index in [-0.39, 0.29) is 0 Å². The SMILES string of the molecule is Cc1c(CNc2nc(-c3cccnc3)nc3ccccc23)cnn1C. The highest BCUT2D eigenvalue weighted by molar-refractivity contribution is 5.90. The molecule has 0 unspecified atom stereocenters. The summed E-state index contributed by atoms with van der Waals surface area (Å²) in [6.07, 6.45) is 5.40. The smallest absolute Gasteiger partial charge is 0.163 e. The van der Waals surface area contributed by atoms with E-state index in [0.717, 1.165) is 33.5 Å². The van der Waals surface area contributed by atoms with Crippen LogP contribution in [0.4, 0.5) is 5.82 Å². The van der Waals surface area contributed by atoms with E-state index in [1.54, 1.807) is 12.4 Å². The van der Waals surface area contributed by atoms with Gasteiger partial charge in [0.2, 0.25) is 0 Å². The molecule has 0 atom stereocenters. The van der Waals surface area contributed by atoms with Crippen LogP contribution in [0.2, 0.25) is 0 Å². The summed E-state index contributed by atoms with van der Waals surface area (Å²) in [5.74, 6) is 1.48. The van der Waals surface area contributed by atoms with E-state index in [0.29, 0.717) is 12.4 Å². The van der Waals surface area contributed by atoms with Crippen LogP contribution in [0.1, 0.15) is 11.3 Å². The molecule has 0 spiro atoms. The van der Waals surface area contributed by atoms with Gasteiger partial charge in [-0.1, -0.05) is 12.1 Å². The number of benzene rings is 1. The van der Waals surface area contributed by atoms with Gasteiger partial charge in [0.05, 0.1) is 11.7 Å². The van der Waals surface area contributed by atoms with Gasteiger partial charge in [0.15, 0.2) is 5.82 Å². The highest BCUT2D eigenvalue weighted by Gasteiger charge is 2.10. The van der Waals surface area contributed by atoms with Crippen molar-refractivity contribution >= 4 is 16.7 Å². The van der Waals surface area contributed by atoms with Gasteiger partial charge >= 0.3 is 0 Å². The Labute approximate surface area is 145 Å². The fourth-order valence-electron chi connectivity index (χ4n) is 2.73. The number of aromatic nitrogens is 5. The number of hydrogen-bond acceptors (Lipinski definition) is 5. The molecule has 0 bridgehead atoms. The molecule has 0 saturated heterocycles. The molecule has 0 aliphatic carbocycles. The summed E-state index contributed by atoms with van der Waals surface area (Å²) >= 11 is 0. The lowest BCUT2D eigenvalue weighted by Crippen LogP contribution is -2.05. The van der Waals surface area contributed by atoms with E-state index >= 15 is 0 Å². The van der Waals surface area contributed by atoms with Crippen LogP contribution in [-0.2, 0) is 13.6 Å². The molecule has 6 heteroatoms. The molecule has 4 aromatic rings. The summed E-state index contributed by atoms with van der Waals surface area (Å²) in [6.45, 7) is 2.72. The van der Waals surface area contributed by atoms with Gasteiger partial charge in [-0.2, -0.15) is 5.10 Å². The first-order valence-corrected chi connectivity index (χ1v) is 8.11. The maximum Gasteiger partial charge on any atom is 0.163 e. The van der Waals surface area contributed by atoms with Crippen molar-refractivity contribution in [1.29, 1.82) is 0 Å². The van der Waals surface area contributed by atoms with E-state index < -0.39 is 0 Å². The Morgan fingerprint density at radius 2 is 1.92 bits per heavy atom. The topological polar surface area (TPSA) is 68.5 Å². The number of hydrogen-bond donors (Lipinski definition) is 1. The third-order valence-electron chi connectivity index (χ3n) is 4.31. The fourth-order valence-corrected chi connectivity index (χ4v) is 2.73. The van der Waals surface area contributed by atoms with Crippen LogP contribution in [0.5, 0.6) is 0 Å². The Morgan fingerprint density at radius 3 is 2.68 bits per heavy atom. The second-order valence-electron chi connectivity index (χ2n) is 5.89. The Hall–Kier alpha value is -3.28. The molecule has 25 heavy (non-hydrogen) atoms. The van der Waals surface area contributed by atoms with Gasteiger partial charge in [0.1, 0.15) is 5.82 Å². The zero-order chi connectivity index (χ0) is 17.2. The third kappa shape index (κ3) is 2.94. The van der Waals surface area contributed by atoms with Crippen molar-refractivity contribution in [1.82, 2.24) is 24.7 Å². The second-order valence-corrected chi connectivity index (χ2v) is 5.89. The molecule has 1 aromatic carbocycles. The van der Waals surface area contributed by atoms with Crippen LogP contribution in [-0.4, -0.2) is 24.7 Å². The summed E-state index contributed by atoms with van der Waals surface area (Å²) < 4.78 is 1.87. The lowest BCUT2D eigenvalue weighted by Gasteiger charge is -2.11. The second kappa shape index (κ2) is 6.32. The highest BCUT2D eigenvalue weighted by Crippen LogP contribution is 2.25. The minimum Gasteiger partial charge on any atom is -0.365 e. The zero-order valence-electron chi connectivity index (χ0n) is 14.1. The average Bonchev–Trinajstić information content (AvgIpc) is 2.98. The van der Waals surface area contributed by atoms with Crippen molar-refractivity contribution in [3.8, 4) is 11.4 Å². The Bertz CT molecular complexity index is 1020. The highest BCUT2D eigenvalue weighted by atomic mass is 15.3. The normalized spacial score (nSPS) is 11.0. The zero-order valence-corrected chi connectivity index (χ0v) is 14.1. The van der Waals surface area contributed by atoms with Crippen LogP contribution < -0.4 is 5.32 Å². The first kappa shape index (κ1) is 15.3. The van der Waals surface area contributed by atoms with Gasteiger partial charge in [-0.3, -0.25) is 9.67 Å². The van der Waals surface area contributed by atoms with Gasteiger partial charge < -0.3 is 5.32 Å². The lowest BCUT2D eigenvalue weighted by atomic mass is 10.2. The molecule has 1 N–H and O–H groups in total. The quantitative estimate of drug-likeness (QED) is 0.621. The monoisotopic (exact) mass is 330 g/mol. The van der Waals surface area contributed by atoms with Gasteiger partial charge in [0, 0.05) is 48.2 Å². The number of pyridine rings is 1. The van der Waals surface area contributed by atoms with Crippen molar-refractivity contribution < 1.29 is 0 Å². The Kier molecular flexibility index (Phi) is 3.85. The van der Waals surface area contributed by atoms with E-state index in [9.17, 15) is 0 Å². The van der Waals surface area contributed by atoms with Gasteiger partial charge in [-0.15, -0.1) is 0 Å². The molecule has 0 fully saturated rings. The van der Waals surface area contributed by atoms with Crippen molar-refractivity contribution in [2.45, 2.75) is 13.5 Å². The number of aryl methyl sites for hydroxylation is 1. The molecule has 0 aliphatic rings. The molecule has 6 nitrogen and oxygen atoms in total. The Morgan fingerprint density at radius 1 is 1.04 bits per heavy atom. The van der Waals surface area contributed by atoms with Gasteiger partial charge in [-0.25, -0.2) is 9.97 Å². The summed E-state index contributed by atoms with van der Waals surface area (Å²) in [5.41, 5.74) is 4.09.